The molecular weight excluding hydrogens is 460 g/mol. The van der Waals surface area contributed by atoms with Crippen LogP contribution in [0.15, 0.2) is 63.6 Å². The van der Waals surface area contributed by atoms with E-state index in [2.05, 4.69) is 31.0 Å². The molecule has 0 aliphatic carbocycles. The van der Waals surface area contributed by atoms with E-state index in [4.69, 9.17) is 9.26 Å². The number of amides is 1. The summed E-state index contributed by atoms with van der Waals surface area (Å²) in [6.45, 7) is 3.43. The van der Waals surface area contributed by atoms with Gasteiger partial charge in [0, 0.05) is 42.3 Å². The lowest BCUT2D eigenvalue weighted by molar-refractivity contribution is -0.127. The lowest BCUT2D eigenvalue weighted by Gasteiger charge is -2.33. The monoisotopic (exact) mass is 482 g/mol. The van der Waals surface area contributed by atoms with Crippen LogP contribution in [0.4, 0.5) is 0 Å². The summed E-state index contributed by atoms with van der Waals surface area (Å²) in [5.74, 6) is 1.94. The smallest absolute Gasteiger partial charge is 0.246 e. The van der Waals surface area contributed by atoms with E-state index in [1.807, 2.05) is 59.5 Å². The Labute approximate surface area is 189 Å². The fourth-order valence-electron chi connectivity index (χ4n) is 3.38. The van der Waals surface area contributed by atoms with Gasteiger partial charge in [0.1, 0.15) is 5.75 Å². The number of piperazine rings is 1. The van der Waals surface area contributed by atoms with Crippen LogP contribution >= 0.6 is 15.9 Å². The highest BCUT2D eigenvalue weighted by atomic mass is 79.9. The molecule has 0 saturated carbocycles. The molecule has 1 aliphatic heterocycles. The third-order valence-corrected chi connectivity index (χ3v) is 5.62. The Morgan fingerprint density at radius 3 is 2.65 bits per heavy atom. The van der Waals surface area contributed by atoms with E-state index in [0.717, 1.165) is 34.4 Å². The minimum absolute atomic E-state index is 0.0270. The molecule has 1 aromatic heterocycles. The van der Waals surface area contributed by atoms with E-state index in [1.54, 1.807) is 13.2 Å². The molecule has 2 heterocycles. The van der Waals surface area contributed by atoms with Crippen LogP contribution in [0.1, 0.15) is 11.5 Å². The second-order valence-corrected chi connectivity index (χ2v) is 8.15. The van der Waals surface area contributed by atoms with Gasteiger partial charge in [0.25, 0.3) is 0 Å². The largest absolute Gasteiger partial charge is 0.497 e. The molecule has 1 aliphatic rings. The second kappa shape index (κ2) is 9.89. The molecule has 0 unspecified atom stereocenters. The molecule has 1 fully saturated rings. The molecule has 160 valence electrons. The number of halogens is 1. The maximum absolute atomic E-state index is 12.5. The molecule has 0 atom stereocenters. The second-order valence-electron chi connectivity index (χ2n) is 7.23. The number of hydrogen-bond donors (Lipinski definition) is 0. The molecule has 1 amide bonds. The van der Waals surface area contributed by atoms with Crippen LogP contribution in [0, 0.1) is 0 Å². The molecule has 0 bridgehead atoms. The predicted molar refractivity (Wildman–Crippen MR) is 121 cm³/mol. The minimum Gasteiger partial charge on any atom is -0.497 e. The first-order chi connectivity index (χ1) is 15.1. The van der Waals surface area contributed by atoms with Gasteiger partial charge in [-0.05, 0) is 48.0 Å². The normalized spacial score (nSPS) is 14.8. The molecule has 0 spiro atoms. The lowest BCUT2D eigenvalue weighted by atomic mass is 10.2. The minimum atomic E-state index is 0.0270. The van der Waals surface area contributed by atoms with Gasteiger partial charge in [-0.2, -0.15) is 4.98 Å². The van der Waals surface area contributed by atoms with E-state index in [-0.39, 0.29) is 5.91 Å². The van der Waals surface area contributed by atoms with Gasteiger partial charge >= 0.3 is 0 Å². The van der Waals surface area contributed by atoms with Crippen molar-refractivity contribution in [2.24, 2.45) is 0 Å². The number of carbonyl (C=O) groups excluding carboxylic acids is 1. The van der Waals surface area contributed by atoms with E-state index < -0.39 is 0 Å². The van der Waals surface area contributed by atoms with Crippen molar-refractivity contribution in [3.8, 4) is 17.1 Å². The Morgan fingerprint density at radius 2 is 1.94 bits per heavy atom. The van der Waals surface area contributed by atoms with Crippen molar-refractivity contribution < 1.29 is 14.1 Å². The zero-order valence-corrected chi connectivity index (χ0v) is 18.8. The van der Waals surface area contributed by atoms with E-state index in [9.17, 15) is 4.79 Å². The number of rotatable bonds is 6. The quantitative estimate of drug-likeness (QED) is 0.496. The number of aromatic nitrogens is 2. The maximum Gasteiger partial charge on any atom is 0.246 e. The summed E-state index contributed by atoms with van der Waals surface area (Å²) in [6, 6.07) is 15.4. The highest BCUT2D eigenvalue weighted by Gasteiger charge is 2.21. The molecule has 3 aromatic rings. The number of benzene rings is 2. The Hall–Kier alpha value is -2.97. The fraction of sp³-hybridized carbons (Fsp3) is 0.261. The highest BCUT2D eigenvalue weighted by molar-refractivity contribution is 9.10. The van der Waals surface area contributed by atoms with Gasteiger partial charge in [-0.3, -0.25) is 9.69 Å². The van der Waals surface area contributed by atoms with Crippen LogP contribution in [0.2, 0.25) is 0 Å². The molecule has 2 aromatic carbocycles. The van der Waals surface area contributed by atoms with Crippen molar-refractivity contribution in [3.63, 3.8) is 0 Å². The van der Waals surface area contributed by atoms with Gasteiger partial charge in [0.15, 0.2) is 0 Å². The van der Waals surface area contributed by atoms with Gasteiger partial charge < -0.3 is 14.2 Å². The summed E-state index contributed by atoms with van der Waals surface area (Å²) in [5.41, 5.74) is 1.87. The SMILES string of the molecule is COc1ccc(-c2noc(CN3CCN(C(=O)/C=C/c4cccc(Br)c4)CC3)n2)cc1. The molecular formula is C23H23BrN4O3. The van der Waals surface area contributed by atoms with Gasteiger partial charge in [-0.15, -0.1) is 0 Å². The number of hydrogen-bond acceptors (Lipinski definition) is 6. The zero-order chi connectivity index (χ0) is 21.6. The van der Waals surface area contributed by atoms with E-state index in [0.29, 0.717) is 31.3 Å². The molecule has 4 rings (SSSR count). The first kappa shape index (κ1) is 21.3. The standard InChI is InChI=1S/C23H23BrN4O3/c1-30-20-8-6-18(7-9-20)23-25-21(31-26-23)16-27-11-13-28(14-12-27)22(29)10-5-17-3-2-4-19(24)15-17/h2-10,15H,11-14,16H2,1H3/b10-5+. The van der Waals surface area contributed by atoms with Crippen LogP contribution in [0.3, 0.4) is 0 Å². The van der Waals surface area contributed by atoms with Crippen molar-refractivity contribution in [2.45, 2.75) is 6.54 Å². The Bertz CT molecular complexity index is 1060. The van der Waals surface area contributed by atoms with Crippen molar-refractivity contribution in [1.82, 2.24) is 19.9 Å². The zero-order valence-electron chi connectivity index (χ0n) is 17.2. The molecule has 7 nitrogen and oxygen atoms in total. The third-order valence-electron chi connectivity index (χ3n) is 5.13. The first-order valence-corrected chi connectivity index (χ1v) is 10.8. The van der Waals surface area contributed by atoms with Crippen molar-refractivity contribution in [3.05, 3.63) is 70.5 Å². The Balaban J connectivity index is 1.28. The van der Waals surface area contributed by atoms with Crippen LogP contribution in [0.25, 0.3) is 17.5 Å². The average molecular weight is 483 g/mol. The summed E-state index contributed by atoms with van der Waals surface area (Å²) in [5, 5.41) is 4.08. The molecule has 0 radical (unpaired) electrons. The number of methoxy groups -OCH3 is 1. The average Bonchev–Trinajstić information content (AvgIpc) is 3.26. The third kappa shape index (κ3) is 5.59. The van der Waals surface area contributed by atoms with Crippen LogP contribution in [-0.4, -0.2) is 59.1 Å². The van der Waals surface area contributed by atoms with Crippen LogP contribution < -0.4 is 4.74 Å². The van der Waals surface area contributed by atoms with Crippen LogP contribution in [0.5, 0.6) is 5.75 Å². The van der Waals surface area contributed by atoms with Gasteiger partial charge in [0.05, 0.1) is 13.7 Å². The van der Waals surface area contributed by atoms with Gasteiger partial charge in [-0.1, -0.05) is 33.2 Å². The van der Waals surface area contributed by atoms with E-state index in [1.165, 1.54) is 0 Å². The topological polar surface area (TPSA) is 71.7 Å². The lowest BCUT2D eigenvalue weighted by Crippen LogP contribution is -2.47. The highest BCUT2D eigenvalue weighted by Crippen LogP contribution is 2.20. The first-order valence-electron chi connectivity index (χ1n) is 10.0. The Kier molecular flexibility index (Phi) is 6.79. The van der Waals surface area contributed by atoms with Crippen LogP contribution in [-0.2, 0) is 11.3 Å². The number of nitrogens with zero attached hydrogens (tertiary/aromatic N) is 4. The summed E-state index contributed by atoms with van der Waals surface area (Å²) in [6.07, 6.45) is 3.48. The Morgan fingerprint density at radius 1 is 1.16 bits per heavy atom. The molecule has 31 heavy (non-hydrogen) atoms. The maximum atomic E-state index is 12.5. The van der Waals surface area contributed by atoms with Gasteiger partial charge in [0.2, 0.25) is 17.6 Å². The van der Waals surface area contributed by atoms with Crippen molar-refractivity contribution in [2.75, 3.05) is 33.3 Å². The molecule has 8 heteroatoms. The molecule has 0 N–H and O–H groups in total. The van der Waals surface area contributed by atoms with Crippen molar-refractivity contribution >= 4 is 27.9 Å². The van der Waals surface area contributed by atoms with E-state index >= 15 is 0 Å². The number of carbonyl (C=O) groups is 1. The molecule has 1 saturated heterocycles. The van der Waals surface area contributed by atoms with Crippen molar-refractivity contribution in [1.29, 1.82) is 0 Å². The number of ether oxygens (including phenoxy) is 1. The summed E-state index contributed by atoms with van der Waals surface area (Å²) >= 11 is 3.44. The summed E-state index contributed by atoms with van der Waals surface area (Å²) < 4.78 is 11.6. The summed E-state index contributed by atoms with van der Waals surface area (Å²) in [7, 11) is 1.63. The summed E-state index contributed by atoms with van der Waals surface area (Å²) in [4.78, 5) is 21.1. The fourth-order valence-corrected chi connectivity index (χ4v) is 3.79. The predicted octanol–water partition coefficient (Wildman–Crippen LogP) is 3.87. The van der Waals surface area contributed by atoms with Gasteiger partial charge in [-0.25, -0.2) is 0 Å².